The maximum atomic E-state index is 12.1. The van der Waals surface area contributed by atoms with Gasteiger partial charge in [0.1, 0.15) is 0 Å². The molecule has 2 aromatic rings. The Bertz CT molecular complexity index is 792. The van der Waals surface area contributed by atoms with Gasteiger partial charge in [-0.05, 0) is 52.2 Å². The van der Waals surface area contributed by atoms with Crippen molar-refractivity contribution < 1.29 is 8.42 Å². The van der Waals surface area contributed by atoms with Crippen molar-refractivity contribution in [2.24, 2.45) is 0 Å². The predicted octanol–water partition coefficient (Wildman–Crippen LogP) is 4.43. The van der Waals surface area contributed by atoms with Crippen LogP contribution in [0.15, 0.2) is 51.8 Å². The molecule has 2 aromatic carbocycles. The number of benzene rings is 2. The first-order valence-corrected chi connectivity index (χ1v) is 9.33. The van der Waals surface area contributed by atoms with Crippen LogP contribution < -0.4 is 5.32 Å². The van der Waals surface area contributed by atoms with Gasteiger partial charge in [0.05, 0.1) is 21.7 Å². The topological polar surface area (TPSA) is 46.2 Å². The van der Waals surface area contributed by atoms with E-state index in [1.165, 1.54) is 0 Å². The Morgan fingerprint density at radius 3 is 2.71 bits per heavy atom. The summed E-state index contributed by atoms with van der Waals surface area (Å²) < 4.78 is 25.1. The van der Waals surface area contributed by atoms with Crippen LogP contribution in [0.1, 0.15) is 18.0 Å². The molecule has 1 unspecified atom stereocenters. The summed E-state index contributed by atoms with van der Waals surface area (Å²) in [7, 11) is -3.16. The van der Waals surface area contributed by atoms with Crippen molar-refractivity contribution in [3.05, 3.63) is 57.5 Å². The molecule has 0 fully saturated rings. The molecule has 0 aliphatic carbocycles. The van der Waals surface area contributed by atoms with Crippen LogP contribution in [-0.4, -0.2) is 14.2 Å². The monoisotopic (exact) mass is 385 g/mol. The zero-order chi connectivity index (χ0) is 15.0. The van der Waals surface area contributed by atoms with E-state index < -0.39 is 9.84 Å². The minimum absolute atomic E-state index is 0.0260. The van der Waals surface area contributed by atoms with Crippen LogP contribution >= 0.6 is 27.5 Å². The largest absolute Gasteiger partial charge is 0.378 e. The molecule has 0 spiro atoms. The van der Waals surface area contributed by atoms with Gasteiger partial charge in [0.2, 0.25) is 0 Å². The fourth-order valence-electron chi connectivity index (χ4n) is 2.53. The van der Waals surface area contributed by atoms with Gasteiger partial charge in [-0.3, -0.25) is 0 Å². The molecular weight excluding hydrogens is 374 g/mol. The van der Waals surface area contributed by atoms with E-state index in [1.807, 2.05) is 30.3 Å². The quantitative estimate of drug-likeness (QED) is 0.830. The molecule has 6 heteroatoms. The Hall–Kier alpha value is -1.04. The normalized spacial score (nSPS) is 19.8. The van der Waals surface area contributed by atoms with Gasteiger partial charge in [-0.2, -0.15) is 0 Å². The maximum absolute atomic E-state index is 12.1. The number of rotatable bonds is 2. The second kappa shape index (κ2) is 5.63. The lowest BCUT2D eigenvalue weighted by molar-refractivity contribution is 0.576. The van der Waals surface area contributed by atoms with Crippen molar-refractivity contribution in [3.63, 3.8) is 0 Å². The lowest BCUT2D eigenvalue weighted by Crippen LogP contribution is -2.24. The molecule has 1 heterocycles. The molecule has 3 rings (SSSR count). The molecule has 110 valence electrons. The van der Waals surface area contributed by atoms with Gasteiger partial charge in [-0.1, -0.05) is 29.8 Å². The third-order valence-electron chi connectivity index (χ3n) is 3.57. The molecule has 21 heavy (non-hydrogen) atoms. The van der Waals surface area contributed by atoms with E-state index in [1.54, 1.807) is 12.1 Å². The van der Waals surface area contributed by atoms with Gasteiger partial charge in [0, 0.05) is 10.2 Å². The molecule has 1 atom stereocenters. The Labute approximate surface area is 137 Å². The van der Waals surface area contributed by atoms with Crippen molar-refractivity contribution in [2.75, 3.05) is 11.1 Å². The molecule has 0 saturated carbocycles. The van der Waals surface area contributed by atoms with Gasteiger partial charge in [-0.15, -0.1) is 0 Å². The third-order valence-corrected chi connectivity index (χ3v) is 6.61. The van der Waals surface area contributed by atoms with Crippen LogP contribution in [0.4, 0.5) is 5.69 Å². The summed E-state index contributed by atoms with van der Waals surface area (Å²) in [5, 5.41) is 4.00. The molecule has 0 saturated heterocycles. The highest BCUT2D eigenvalue weighted by molar-refractivity contribution is 9.10. The smallest absolute Gasteiger partial charge is 0.178 e. The Kier molecular flexibility index (Phi) is 3.99. The first-order valence-electron chi connectivity index (χ1n) is 6.51. The van der Waals surface area contributed by atoms with Gasteiger partial charge in [0.15, 0.2) is 9.84 Å². The number of hydrogen-bond acceptors (Lipinski definition) is 3. The highest BCUT2D eigenvalue weighted by Crippen LogP contribution is 2.35. The fourth-order valence-corrected chi connectivity index (χ4v) is 4.58. The number of fused-ring (bicyclic) bond motifs is 1. The molecule has 1 aliphatic rings. The summed E-state index contributed by atoms with van der Waals surface area (Å²) in [6.07, 6.45) is 0.549. The Balaban J connectivity index is 1.95. The summed E-state index contributed by atoms with van der Waals surface area (Å²) in [6.45, 7) is 0. The van der Waals surface area contributed by atoms with Crippen molar-refractivity contribution in [1.29, 1.82) is 0 Å². The van der Waals surface area contributed by atoms with E-state index in [-0.39, 0.29) is 11.8 Å². The first-order chi connectivity index (χ1) is 9.97. The van der Waals surface area contributed by atoms with Crippen LogP contribution in [0.3, 0.4) is 0 Å². The second-order valence-electron chi connectivity index (χ2n) is 4.97. The highest BCUT2D eigenvalue weighted by atomic mass is 79.9. The Morgan fingerprint density at radius 2 is 1.95 bits per heavy atom. The maximum Gasteiger partial charge on any atom is 0.178 e. The molecule has 1 aliphatic heterocycles. The van der Waals surface area contributed by atoms with Crippen molar-refractivity contribution in [3.8, 4) is 0 Å². The number of hydrogen-bond donors (Lipinski definition) is 1. The van der Waals surface area contributed by atoms with E-state index in [9.17, 15) is 8.42 Å². The molecular formula is C15H13BrClNO2S. The summed E-state index contributed by atoms with van der Waals surface area (Å²) >= 11 is 9.45. The zero-order valence-corrected chi connectivity index (χ0v) is 14.2. The van der Waals surface area contributed by atoms with E-state index in [0.29, 0.717) is 16.3 Å². The molecule has 0 radical (unpaired) electrons. The van der Waals surface area contributed by atoms with Crippen LogP contribution in [-0.2, 0) is 9.84 Å². The highest BCUT2D eigenvalue weighted by Gasteiger charge is 2.29. The molecule has 0 bridgehead atoms. The van der Waals surface area contributed by atoms with Gasteiger partial charge < -0.3 is 5.32 Å². The number of nitrogens with one attached hydrogen (secondary N) is 1. The summed E-state index contributed by atoms with van der Waals surface area (Å²) in [6, 6.07) is 12.8. The zero-order valence-electron chi connectivity index (χ0n) is 11.0. The van der Waals surface area contributed by atoms with Crippen molar-refractivity contribution in [2.45, 2.75) is 17.4 Å². The van der Waals surface area contributed by atoms with Crippen LogP contribution in [0.5, 0.6) is 0 Å². The molecule has 0 aromatic heterocycles. The Morgan fingerprint density at radius 1 is 1.19 bits per heavy atom. The minimum atomic E-state index is -3.16. The minimum Gasteiger partial charge on any atom is -0.378 e. The summed E-state index contributed by atoms with van der Waals surface area (Å²) in [5.41, 5.74) is 1.70. The predicted molar refractivity (Wildman–Crippen MR) is 88.6 cm³/mol. The van der Waals surface area contributed by atoms with E-state index >= 15 is 0 Å². The SMILES string of the molecule is O=S1(=O)CCC(Nc2ccc(Br)c(Cl)c2)c2ccccc21. The van der Waals surface area contributed by atoms with Gasteiger partial charge in [0.25, 0.3) is 0 Å². The summed E-state index contributed by atoms with van der Waals surface area (Å²) in [4.78, 5) is 0.428. The standard InChI is InChI=1S/C15H13BrClNO2S/c16-12-6-5-10(9-13(12)17)18-14-7-8-21(19,20)15-4-2-1-3-11(14)15/h1-6,9,14,18H,7-8H2. The number of halogens is 2. The van der Waals surface area contributed by atoms with E-state index in [2.05, 4.69) is 21.2 Å². The van der Waals surface area contributed by atoms with Gasteiger partial charge in [-0.25, -0.2) is 8.42 Å². The van der Waals surface area contributed by atoms with Crippen LogP contribution in [0.2, 0.25) is 5.02 Å². The van der Waals surface area contributed by atoms with E-state index in [0.717, 1.165) is 15.7 Å². The second-order valence-corrected chi connectivity index (χ2v) is 8.31. The molecule has 0 amide bonds. The third kappa shape index (κ3) is 2.96. The van der Waals surface area contributed by atoms with E-state index in [4.69, 9.17) is 11.6 Å². The number of anilines is 1. The molecule has 3 nitrogen and oxygen atoms in total. The van der Waals surface area contributed by atoms with Crippen molar-refractivity contribution in [1.82, 2.24) is 0 Å². The van der Waals surface area contributed by atoms with Crippen LogP contribution in [0, 0.1) is 0 Å². The first kappa shape index (κ1) is 14.9. The molecule has 1 N–H and O–H groups in total. The lowest BCUT2D eigenvalue weighted by Gasteiger charge is -2.27. The number of sulfone groups is 1. The fraction of sp³-hybridized carbons (Fsp3) is 0.200. The van der Waals surface area contributed by atoms with Crippen molar-refractivity contribution >= 4 is 43.1 Å². The average Bonchev–Trinajstić information content (AvgIpc) is 2.46. The lowest BCUT2D eigenvalue weighted by atomic mass is 10.0. The average molecular weight is 387 g/mol. The van der Waals surface area contributed by atoms with Crippen LogP contribution in [0.25, 0.3) is 0 Å². The van der Waals surface area contributed by atoms with Gasteiger partial charge >= 0.3 is 0 Å². The summed E-state index contributed by atoms with van der Waals surface area (Å²) in [5.74, 6) is 0.159.